The second-order valence-electron chi connectivity index (χ2n) is 2.00. The topological polar surface area (TPSA) is 101 Å². The Kier molecular flexibility index (Phi) is 2.15. The Labute approximate surface area is 51.8 Å². The number of hydrogen-bond donors (Lipinski definition) is 5. The average Bonchev–Trinajstić information content (AvgIpc) is 1.64. The third-order valence-corrected chi connectivity index (χ3v) is 0.979. The second kappa shape index (κ2) is 2.20. The zero-order valence-corrected chi connectivity index (χ0v) is 4.94. The van der Waals surface area contributed by atoms with Crippen LogP contribution in [0, 0.1) is 0 Å². The van der Waals surface area contributed by atoms with Crippen molar-refractivity contribution in [1.82, 2.24) is 0 Å². The van der Waals surface area contributed by atoms with Crippen LogP contribution in [-0.2, 0) is 0 Å². The summed E-state index contributed by atoms with van der Waals surface area (Å²) >= 11 is 0. The lowest BCUT2D eigenvalue weighted by molar-refractivity contribution is -0.357. The fourth-order valence-corrected chi connectivity index (χ4v) is 0.150. The molecule has 0 aromatic carbocycles. The first-order chi connectivity index (χ1) is 3.81. The molecule has 0 spiro atoms. The van der Waals surface area contributed by atoms with E-state index in [4.69, 9.17) is 25.5 Å². The number of rotatable bonds is 2. The van der Waals surface area contributed by atoms with Gasteiger partial charge in [0, 0.05) is 0 Å². The summed E-state index contributed by atoms with van der Waals surface area (Å²) in [7, 11) is 0. The van der Waals surface area contributed by atoms with E-state index in [1.54, 1.807) is 0 Å². The quantitative estimate of drug-likeness (QED) is 0.268. The van der Waals surface area contributed by atoms with Crippen LogP contribution in [-0.4, -0.2) is 43.7 Å². The molecule has 0 rings (SSSR count). The summed E-state index contributed by atoms with van der Waals surface area (Å²) < 4.78 is 0. The van der Waals surface area contributed by atoms with Crippen LogP contribution in [0.25, 0.3) is 0 Å². The molecular weight excluding hydrogens is 128 g/mol. The van der Waals surface area contributed by atoms with Crippen molar-refractivity contribution in [2.75, 3.05) is 6.61 Å². The van der Waals surface area contributed by atoms with Crippen molar-refractivity contribution in [3.8, 4) is 0 Å². The maximum absolute atomic E-state index is 8.47. The molecule has 0 saturated heterocycles. The Morgan fingerprint density at radius 3 is 1.44 bits per heavy atom. The molecule has 0 aliphatic heterocycles. The molecule has 5 nitrogen and oxygen atoms in total. The van der Waals surface area contributed by atoms with Gasteiger partial charge >= 0.3 is 0 Å². The van der Waals surface area contributed by atoms with Crippen LogP contribution in [0.4, 0.5) is 0 Å². The Hall–Kier alpha value is -0.200. The molecule has 0 fully saturated rings. The van der Waals surface area contributed by atoms with E-state index in [1.165, 1.54) is 0 Å². The van der Waals surface area contributed by atoms with Crippen LogP contribution >= 0.6 is 0 Å². The molecule has 0 aromatic heterocycles. The van der Waals surface area contributed by atoms with E-state index in [-0.39, 0.29) is 0 Å². The van der Waals surface area contributed by atoms with E-state index < -0.39 is 18.2 Å². The first kappa shape index (κ1) is 8.80. The van der Waals surface area contributed by atoms with Crippen LogP contribution in [0.15, 0.2) is 0 Å². The summed E-state index contributed by atoms with van der Waals surface area (Å²) in [5, 5.41) is 41.9. The van der Waals surface area contributed by atoms with Crippen LogP contribution in [0.1, 0.15) is 6.92 Å². The highest BCUT2D eigenvalue weighted by Crippen LogP contribution is 2.14. The van der Waals surface area contributed by atoms with E-state index in [1.807, 2.05) is 0 Å². The molecule has 5 N–H and O–H groups in total. The van der Waals surface area contributed by atoms with Gasteiger partial charge in [-0.25, -0.2) is 0 Å². The standard InChI is InChI=1S/C4H10O5/c1-3(6,7)4(8,9)2-5/h5-9H,2H2,1H3. The third kappa shape index (κ3) is 1.88. The summed E-state index contributed by atoms with van der Waals surface area (Å²) in [5.41, 5.74) is 0. The summed E-state index contributed by atoms with van der Waals surface area (Å²) in [4.78, 5) is 0. The molecule has 0 saturated carbocycles. The van der Waals surface area contributed by atoms with Gasteiger partial charge in [0.25, 0.3) is 0 Å². The molecule has 0 amide bonds. The summed E-state index contributed by atoms with van der Waals surface area (Å²) in [6.45, 7) is -0.375. The summed E-state index contributed by atoms with van der Waals surface area (Å²) in [6, 6.07) is 0. The van der Waals surface area contributed by atoms with Crippen molar-refractivity contribution in [1.29, 1.82) is 0 Å². The van der Waals surface area contributed by atoms with Crippen molar-refractivity contribution in [2.45, 2.75) is 18.5 Å². The third-order valence-electron chi connectivity index (χ3n) is 0.979. The van der Waals surface area contributed by atoms with Gasteiger partial charge in [0.15, 0.2) is 0 Å². The maximum Gasteiger partial charge on any atom is 0.242 e. The second-order valence-corrected chi connectivity index (χ2v) is 2.00. The number of aliphatic hydroxyl groups excluding tert-OH is 1. The van der Waals surface area contributed by atoms with Crippen LogP contribution in [0.3, 0.4) is 0 Å². The van der Waals surface area contributed by atoms with Crippen molar-refractivity contribution in [3.63, 3.8) is 0 Å². The highest BCUT2D eigenvalue weighted by Gasteiger charge is 2.42. The van der Waals surface area contributed by atoms with E-state index in [0.717, 1.165) is 6.92 Å². The predicted octanol–water partition coefficient (Wildman–Crippen LogP) is -2.64. The summed E-state index contributed by atoms with van der Waals surface area (Å²) in [6.07, 6.45) is 0. The van der Waals surface area contributed by atoms with Crippen molar-refractivity contribution in [2.24, 2.45) is 0 Å². The lowest BCUT2D eigenvalue weighted by atomic mass is 10.1. The van der Waals surface area contributed by atoms with Gasteiger partial charge in [-0.1, -0.05) is 0 Å². The Morgan fingerprint density at radius 1 is 1.11 bits per heavy atom. The van der Waals surface area contributed by atoms with Crippen molar-refractivity contribution in [3.05, 3.63) is 0 Å². The van der Waals surface area contributed by atoms with Crippen LogP contribution in [0.2, 0.25) is 0 Å². The molecule has 5 heteroatoms. The number of aliphatic hydroxyl groups is 5. The van der Waals surface area contributed by atoms with Gasteiger partial charge in [-0.2, -0.15) is 0 Å². The molecule has 56 valence electrons. The molecule has 0 aliphatic carbocycles. The molecule has 0 radical (unpaired) electrons. The molecule has 0 aromatic rings. The highest BCUT2D eigenvalue weighted by atomic mass is 16.6. The van der Waals surface area contributed by atoms with Crippen LogP contribution in [0.5, 0.6) is 0 Å². The normalized spacial score (nSPS) is 14.0. The Morgan fingerprint density at radius 2 is 1.44 bits per heavy atom. The minimum absolute atomic E-state index is 0.753. The fourth-order valence-electron chi connectivity index (χ4n) is 0.150. The van der Waals surface area contributed by atoms with Crippen LogP contribution < -0.4 is 0 Å². The average molecular weight is 138 g/mol. The largest absolute Gasteiger partial charge is 0.391 e. The molecule has 0 bridgehead atoms. The first-order valence-electron chi connectivity index (χ1n) is 2.31. The Balaban J connectivity index is 4.14. The summed E-state index contributed by atoms with van der Waals surface area (Å²) in [5.74, 6) is -5.55. The van der Waals surface area contributed by atoms with Gasteiger partial charge in [-0.05, 0) is 6.92 Å². The molecule has 0 atom stereocenters. The molecular formula is C4H10O5. The van der Waals surface area contributed by atoms with Gasteiger partial charge in [-0.3, -0.25) is 0 Å². The van der Waals surface area contributed by atoms with Gasteiger partial charge in [0.2, 0.25) is 11.6 Å². The molecule has 0 aliphatic rings. The van der Waals surface area contributed by atoms with Crippen molar-refractivity contribution < 1.29 is 25.5 Å². The van der Waals surface area contributed by atoms with E-state index in [9.17, 15) is 0 Å². The van der Waals surface area contributed by atoms with Gasteiger partial charge in [0.1, 0.15) is 6.61 Å². The predicted molar refractivity (Wildman–Crippen MR) is 27.1 cm³/mol. The SMILES string of the molecule is CC(O)(O)C(O)(O)CO. The molecule has 9 heavy (non-hydrogen) atoms. The lowest BCUT2D eigenvalue weighted by Gasteiger charge is -2.29. The minimum Gasteiger partial charge on any atom is -0.391 e. The van der Waals surface area contributed by atoms with E-state index in [0.29, 0.717) is 0 Å². The van der Waals surface area contributed by atoms with Gasteiger partial charge in [-0.15, -0.1) is 0 Å². The number of hydrogen-bond acceptors (Lipinski definition) is 5. The van der Waals surface area contributed by atoms with Gasteiger partial charge in [0.05, 0.1) is 0 Å². The smallest absolute Gasteiger partial charge is 0.242 e. The maximum atomic E-state index is 8.47. The highest BCUT2D eigenvalue weighted by molar-refractivity contribution is 4.75. The van der Waals surface area contributed by atoms with E-state index >= 15 is 0 Å². The minimum atomic E-state index is -2.85. The monoisotopic (exact) mass is 138 g/mol. The molecule has 0 unspecified atom stereocenters. The fraction of sp³-hybridized carbons (Fsp3) is 1.00. The Bertz CT molecular complexity index is 91.6. The van der Waals surface area contributed by atoms with Gasteiger partial charge < -0.3 is 25.5 Å². The lowest BCUT2D eigenvalue weighted by Crippen LogP contribution is -2.54. The van der Waals surface area contributed by atoms with Crippen molar-refractivity contribution >= 4 is 0 Å². The molecule has 0 heterocycles. The first-order valence-corrected chi connectivity index (χ1v) is 2.31. The van der Waals surface area contributed by atoms with E-state index in [2.05, 4.69) is 0 Å². The zero-order chi connectivity index (χ0) is 7.71. The zero-order valence-electron chi connectivity index (χ0n) is 4.94.